The second kappa shape index (κ2) is 47.8. The van der Waals surface area contributed by atoms with Gasteiger partial charge in [0.2, 0.25) is 82.7 Å². The van der Waals surface area contributed by atoms with Crippen LogP contribution < -0.4 is 98.2 Å². The molecule has 580 valence electrons. The van der Waals surface area contributed by atoms with Gasteiger partial charge in [-0.3, -0.25) is 72.1 Å². The molecular weight excluding hydrogens is 1370 g/mol. The fraction of sp³-hybridized carbons (Fsp3) is 0.687. The number of carbonyl (C=O) groups excluding carboxylic acids is 14. The Balaban J connectivity index is 2.78. The molecule has 0 unspecified atom stereocenters. The summed E-state index contributed by atoms with van der Waals surface area (Å²) in [5, 5.41) is 42.0. The van der Waals surface area contributed by atoms with E-state index in [0.717, 1.165) is 21.6 Å². The van der Waals surface area contributed by atoms with Crippen molar-refractivity contribution in [1.82, 2.24) is 63.8 Å². The zero-order chi connectivity index (χ0) is 77.6. The lowest BCUT2D eigenvalue weighted by molar-refractivity contribution is -0.136. The molecule has 25 N–H and O–H groups in total. The molecule has 0 spiro atoms. The van der Waals surface area contributed by atoms with Gasteiger partial charge in [-0.2, -0.15) is 0 Å². The number of rotatable bonds is 35. The van der Waals surface area contributed by atoms with Crippen LogP contribution in [0.15, 0.2) is 35.3 Å². The smallest absolute Gasteiger partial charge is 0.245 e. The van der Waals surface area contributed by atoms with Crippen LogP contribution >= 0.6 is 21.6 Å². The van der Waals surface area contributed by atoms with Gasteiger partial charge in [0.25, 0.3) is 0 Å². The van der Waals surface area contributed by atoms with Crippen LogP contribution in [0.4, 0.5) is 0 Å². The highest BCUT2D eigenvalue weighted by atomic mass is 33.1. The number of benzene rings is 1. The van der Waals surface area contributed by atoms with Crippen molar-refractivity contribution in [2.45, 2.75) is 225 Å². The number of primary amides is 2. The van der Waals surface area contributed by atoms with Crippen molar-refractivity contribution in [2.75, 3.05) is 37.7 Å². The van der Waals surface area contributed by atoms with Crippen LogP contribution in [0.1, 0.15) is 152 Å². The highest BCUT2D eigenvalue weighted by Gasteiger charge is 2.38. The van der Waals surface area contributed by atoms with Crippen LogP contribution in [-0.4, -0.2) is 204 Å². The number of aliphatic hydroxyl groups excluding tert-OH is 1. The van der Waals surface area contributed by atoms with E-state index in [0.29, 0.717) is 31.2 Å². The molecule has 14 atom stereocenters. The molecule has 36 heteroatoms. The maximum Gasteiger partial charge on any atom is 0.245 e. The second-order valence-corrected chi connectivity index (χ2v) is 29.7. The topological polar surface area (TPSA) is 572 Å². The molecule has 0 radical (unpaired) electrons. The SMILES string of the molecule is CC[C@H](C)[C@@H]1NC(=O)[C@H](CCCCN)NC(=O)[C@H]([C@@H](C)CC)NC(=O)[C@@H](N)CSSC[C@@H](C(=O)N[C@@H](CCC(N)=O)C(=O)N[C@@H](CC(C)C)C(=O)N[C@@H](CO)C(=O)N[C@@H](CCCN=C(N)N)C(=O)N[C@@H](CC(C)C)C(N)=O)NC(=O)[C@H](Cc2ccccc2)NC(=O)[C@H](CC(C)C)NC(=O)CNC1=O. The third-order valence-corrected chi connectivity index (χ3v) is 19.3. The van der Waals surface area contributed by atoms with E-state index in [2.05, 4.69) is 68.8 Å². The number of guanidine groups is 1. The quantitative estimate of drug-likeness (QED) is 0.0136. The van der Waals surface area contributed by atoms with E-state index in [-0.39, 0.29) is 93.3 Å². The minimum atomic E-state index is -1.76. The van der Waals surface area contributed by atoms with Gasteiger partial charge in [0.05, 0.1) is 19.2 Å². The van der Waals surface area contributed by atoms with Crippen LogP contribution in [0.2, 0.25) is 0 Å². The second-order valence-electron chi connectivity index (χ2n) is 27.1. The zero-order valence-electron chi connectivity index (χ0n) is 61.0. The molecule has 0 aliphatic carbocycles. The Morgan fingerprint density at radius 2 is 1.08 bits per heavy atom. The first-order valence-corrected chi connectivity index (χ1v) is 37.6. The first kappa shape index (κ1) is 90.7. The number of aliphatic hydroxyl groups is 1. The molecule has 1 heterocycles. The van der Waals surface area contributed by atoms with E-state index >= 15 is 0 Å². The summed E-state index contributed by atoms with van der Waals surface area (Å²) < 4.78 is 0. The summed E-state index contributed by atoms with van der Waals surface area (Å²) in [4.78, 5) is 200. The minimum Gasteiger partial charge on any atom is -0.394 e. The van der Waals surface area contributed by atoms with Crippen molar-refractivity contribution in [3.05, 3.63) is 35.9 Å². The molecule has 1 aromatic rings. The van der Waals surface area contributed by atoms with Crippen molar-refractivity contribution >= 4 is 110 Å². The Kier molecular flexibility index (Phi) is 42.1. The Morgan fingerprint density at radius 1 is 0.563 bits per heavy atom. The van der Waals surface area contributed by atoms with E-state index in [4.69, 9.17) is 34.4 Å². The van der Waals surface area contributed by atoms with Crippen molar-refractivity contribution in [1.29, 1.82) is 0 Å². The van der Waals surface area contributed by atoms with E-state index < -0.39 is 193 Å². The van der Waals surface area contributed by atoms with Crippen molar-refractivity contribution in [3.63, 3.8) is 0 Å². The molecule has 14 amide bonds. The van der Waals surface area contributed by atoms with Gasteiger partial charge >= 0.3 is 0 Å². The summed E-state index contributed by atoms with van der Waals surface area (Å²) in [6, 6.07) is -8.41. The number of aliphatic imine (C=N–C) groups is 1. The molecule has 0 saturated carbocycles. The van der Waals surface area contributed by atoms with Crippen molar-refractivity contribution in [3.8, 4) is 0 Å². The first-order chi connectivity index (χ1) is 48.5. The fourth-order valence-electron chi connectivity index (χ4n) is 10.6. The number of amides is 14. The number of nitrogens with two attached hydrogens (primary N) is 6. The van der Waals surface area contributed by atoms with E-state index in [1.807, 2.05) is 0 Å². The largest absolute Gasteiger partial charge is 0.394 e. The molecule has 0 bridgehead atoms. The van der Waals surface area contributed by atoms with Crippen LogP contribution in [-0.2, 0) is 73.5 Å². The molecule has 1 aliphatic heterocycles. The van der Waals surface area contributed by atoms with Crippen molar-refractivity contribution < 1.29 is 72.2 Å². The summed E-state index contributed by atoms with van der Waals surface area (Å²) in [6.45, 7) is 16.2. The lowest BCUT2D eigenvalue weighted by Crippen LogP contribution is -2.61. The normalized spacial score (nSPS) is 21.5. The zero-order valence-corrected chi connectivity index (χ0v) is 62.7. The lowest BCUT2D eigenvalue weighted by atomic mass is 9.96. The highest BCUT2D eigenvalue weighted by molar-refractivity contribution is 8.76. The summed E-state index contributed by atoms with van der Waals surface area (Å²) in [7, 11) is 1.93. The Bertz CT molecular complexity index is 3000. The van der Waals surface area contributed by atoms with Crippen molar-refractivity contribution in [2.24, 2.45) is 69.0 Å². The third kappa shape index (κ3) is 34.7. The fourth-order valence-corrected chi connectivity index (χ4v) is 12.9. The number of nitrogens with zero attached hydrogens (tertiary/aromatic N) is 1. The average Bonchev–Trinajstić information content (AvgIpc) is 0.859. The van der Waals surface area contributed by atoms with Crippen LogP contribution in [0.5, 0.6) is 0 Å². The minimum absolute atomic E-state index is 0.0286. The number of carbonyl (C=O) groups is 14. The first-order valence-electron chi connectivity index (χ1n) is 35.1. The number of unbranched alkanes of at least 4 members (excludes halogenated alkanes) is 1. The summed E-state index contributed by atoms with van der Waals surface area (Å²) >= 11 is 0. The van der Waals surface area contributed by atoms with Gasteiger partial charge < -0.3 is 103 Å². The Labute approximate surface area is 611 Å². The summed E-state index contributed by atoms with van der Waals surface area (Å²) in [6.07, 6.45) is 0.694. The third-order valence-electron chi connectivity index (χ3n) is 16.8. The summed E-state index contributed by atoms with van der Waals surface area (Å²) in [5.74, 6) is -14.7. The Morgan fingerprint density at radius 3 is 1.64 bits per heavy atom. The maximum absolute atomic E-state index is 14.9. The molecule has 0 aromatic heterocycles. The molecular formula is C67H115N19O15S2. The summed E-state index contributed by atoms with van der Waals surface area (Å²) in [5.41, 5.74) is 34.9. The van der Waals surface area contributed by atoms with Crippen LogP contribution in [0, 0.1) is 29.6 Å². The number of hydrogen-bond acceptors (Lipinski definition) is 20. The standard InChI is InChI=1S/C67H115N19O15S2/c1-11-38(9)53-65(100)75-31-52(89)76-46(28-36(5)6)60(95)82-48(30-40-19-14-13-15-20-40)62(97)84-50(34-103-102-33-41(69)56(91)85-54(39(10)12-2)66(101)79-42(59(94)86-53)21-16-17-25-68)64(99)78-44(23-24-51(70)88)58(93)81-47(29-37(7)8)61(96)83-49(32-87)63(98)77-43(22-18-26-74-67(72)73)57(92)80-45(55(71)90)27-35(3)4/h13-15,19-20,35-39,41-50,53-54,87H,11-12,16-18,21-34,68-69H2,1-10H3,(H2,70,88)(H2,71,90)(H,75,100)(H,76,89)(H,77,98)(H,78,99)(H,79,101)(H,80,92)(H,81,93)(H,82,95)(H,83,96)(H,84,97)(H,85,91)(H,86,94)(H4,72,73,74)/t38-,39-,41-,42-,43-,44-,45-,46-,47-,48-,49-,50-,53-,54-/m0/s1. The molecule has 2 rings (SSSR count). The molecule has 1 aliphatic rings. The number of nitrogens with one attached hydrogen (secondary N) is 12. The number of hydrogen-bond donors (Lipinski definition) is 19. The van der Waals surface area contributed by atoms with Gasteiger partial charge in [-0.05, 0) is 99.5 Å². The van der Waals surface area contributed by atoms with Crippen LogP contribution in [0.25, 0.3) is 0 Å². The van der Waals surface area contributed by atoms with Gasteiger partial charge in [0.15, 0.2) is 5.96 Å². The lowest BCUT2D eigenvalue weighted by Gasteiger charge is -2.29. The van der Waals surface area contributed by atoms with Gasteiger partial charge in [0.1, 0.15) is 66.5 Å². The highest BCUT2D eigenvalue weighted by Crippen LogP contribution is 2.24. The van der Waals surface area contributed by atoms with Gasteiger partial charge in [-0.1, -0.05) is 134 Å². The molecule has 1 fully saturated rings. The monoisotopic (exact) mass is 1490 g/mol. The van der Waals surface area contributed by atoms with E-state index in [1.54, 1.807) is 99.6 Å². The predicted molar refractivity (Wildman–Crippen MR) is 392 cm³/mol. The average molecular weight is 1490 g/mol. The molecule has 103 heavy (non-hydrogen) atoms. The predicted octanol–water partition coefficient (Wildman–Crippen LogP) is -3.44. The molecule has 34 nitrogen and oxygen atoms in total. The van der Waals surface area contributed by atoms with E-state index in [1.165, 1.54) is 0 Å². The van der Waals surface area contributed by atoms with Gasteiger partial charge in [-0.15, -0.1) is 0 Å². The van der Waals surface area contributed by atoms with Gasteiger partial charge in [-0.25, -0.2) is 0 Å². The van der Waals surface area contributed by atoms with E-state index in [9.17, 15) is 72.2 Å². The van der Waals surface area contributed by atoms with Crippen LogP contribution in [0.3, 0.4) is 0 Å². The molecule has 1 saturated heterocycles. The Hall–Kier alpha value is -8.35. The maximum atomic E-state index is 14.9. The molecule has 1 aromatic carbocycles. The van der Waals surface area contributed by atoms with Gasteiger partial charge in [0, 0.05) is 30.9 Å².